The first-order valence-corrected chi connectivity index (χ1v) is 8.37. The van der Waals surface area contributed by atoms with Gasteiger partial charge in [-0.15, -0.1) is 10.2 Å². The Kier molecular flexibility index (Phi) is 5.43. The van der Waals surface area contributed by atoms with Crippen LogP contribution in [0.3, 0.4) is 0 Å². The summed E-state index contributed by atoms with van der Waals surface area (Å²) in [7, 11) is 0. The summed E-state index contributed by atoms with van der Waals surface area (Å²) in [5, 5.41) is 10.0. The van der Waals surface area contributed by atoms with Crippen molar-refractivity contribution in [2.75, 3.05) is 6.54 Å². The van der Waals surface area contributed by atoms with Gasteiger partial charge in [0.05, 0.1) is 11.6 Å². The van der Waals surface area contributed by atoms with E-state index in [9.17, 15) is 22.8 Å². The van der Waals surface area contributed by atoms with Crippen molar-refractivity contribution in [2.24, 2.45) is 0 Å². The molecule has 1 saturated heterocycles. The van der Waals surface area contributed by atoms with E-state index in [1.165, 1.54) is 35.8 Å². The third kappa shape index (κ3) is 4.83. The number of halogens is 3. The van der Waals surface area contributed by atoms with Gasteiger partial charge in [-0.25, -0.2) is 0 Å². The van der Waals surface area contributed by atoms with Crippen LogP contribution in [0.1, 0.15) is 24.0 Å². The van der Waals surface area contributed by atoms with Crippen LogP contribution >= 0.6 is 0 Å². The van der Waals surface area contributed by atoms with Gasteiger partial charge in [0.1, 0.15) is 12.7 Å². The standard InChI is InChI=1S/C17H18F3N5O2/c18-17(19,20)14-4-2-1-3-12(14)8-25-9-13(7-16(25)27)23-15(26)5-6-24-10-21-22-11-24/h1-4,10-11,13H,5-9H2,(H,23,26). The average Bonchev–Trinajstić information content (AvgIpc) is 3.23. The van der Waals surface area contributed by atoms with Crippen molar-refractivity contribution in [3.05, 3.63) is 48.0 Å². The summed E-state index contributed by atoms with van der Waals surface area (Å²) in [6, 6.07) is 4.78. The van der Waals surface area contributed by atoms with Gasteiger partial charge in [-0.3, -0.25) is 9.59 Å². The van der Waals surface area contributed by atoms with Gasteiger partial charge in [-0.2, -0.15) is 13.2 Å². The molecule has 2 aromatic rings. The van der Waals surface area contributed by atoms with E-state index in [-0.39, 0.29) is 43.3 Å². The first-order chi connectivity index (χ1) is 12.8. The number of rotatable bonds is 6. The predicted molar refractivity (Wildman–Crippen MR) is 88.0 cm³/mol. The number of hydrogen-bond acceptors (Lipinski definition) is 4. The van der Waals surface area contributed by atoms with Gasteiger partial charge in [0, 0.05) is 32.5 Å². The van der Waals surface area contributed by atoms with E-state index in [0.717, 1.165) is 6.07 Å². The van der Waals surface area contributed by atoms with Gasteiger partial charge >= 0.3 is 6.18 Å². The summed E-state index contributed by atoms with van der Waals surface area (Å²) < 4.78 is 40.9. The fourth-order valence-electron chi connectivity index (χ4n) is 3.03. The van der Waals surface area contributed by atoms with Gasteiger partial charge < -0.3 is 14.8 Å². The van der Waals surface area contributed by atoms with Crippen LogP contribution in [0.15, 0.2) is 36.9 Å². The summed E-state index contributed by atoms with van der Waals surface area (Å²) in [5.74, 6) is -0.518. The monoisotopic (exact) mass is 381 g/mol. The number of carbonyl (C=O) groups excluding carboxylic acids is 2. The molecule has 1 atom stereocenters. The van der Waals surface area contributed by atoms with E-state index >= 15 is 0 Å². The van der Waals surface area contributed by atoms with E-state index in [4.69, 9.17) is 0 Å². The van der Waals surface area contributed by atoms with Gasteiger partial charge in [0.15, 0.2) is 0 Å². The third-order valence-corrected chi connectivity index (χ3v) is 4.33. The quantitative estimate of drug-likeness (QED) is 0.824. The number of hydrogen-bond donors (Lipinski definition) is 1. The molecule has 7 nitrogen and oxygen atoms in total. The van der Waals surface area contributed by atoms with Crippen LogP contribution in [-0.2, 0) is 28.9 Å². The maximum atomic E-state index is 13.1. The average molecular weight is 381 g/mol. The Morgan fingerprint density at radius 1 is 1.22 bits per heavy atom. The van der Waals surface area contributed by atoms with Gasteiger partial charge in [0.2, 0.25) is 11.8 Å². The number of aryl methyl sites for hydroxylation is 1. The van der Waals surface area contributed by atoms with Crippen LogP contribution in [0.4, 0.5) is 13.2 Å². The zero-order valence-corrected chi connectivity index (χ0v) is 14.3. The molecule has 0 spiro atoms. The van der Waals surface area contributed by atoms with Crippen LogP contribution in [0.5, 0.6) is 0 Å². The van der Waals surface area contributed by atoms with E-state index in [2.05, 4.69) is 15.5 Å². The molecule has 2 heterocycles. The van der Waals surface area contributed by atoms with Gasteiger partial charge in [-0.1, -0.05) is 18.2 Å². The Bertz CT molecular complexity index is 807. The minimum Gasteiger partial charge on any atom is -0.351 e. The molecule has 27 heavy (non-hydrogen) atoms. The molecule has 1 N–H and O–H groups in total. The zero-order chi connectivity index (χ0) is 19.4. The highest BCUT2D eigenvalue weighted by atomic mass is 19.4. The number of aromatic nitrogens is 3. The fourth-order valence-corrected chi connectivity index (χ4v) is 3.03. The van der Waals surface area contributed by atoms with Crippen molar-refractivity contribution in [1.82, 2.24) is 25.0 Å². The van der Waals surface area contributed by atoms with Crippen LogP contribution in [-0.4, -0.2) is 44.1 Å². The van der Waals surface area contributed by atoms with Crippen LogP contribution in [0.2, 0.25) is 0 Å². The van der Waals surface area contributed by atoms with Crippen molar-refractivity contribution in [3.8, 4) is 0 Å². The summed E-state index contributed by atoms with van der Waals surface area (Å²) in [4.78, 5) is 25.5. The molecule has 1 aliphatic heterocycles. The number of nitrogens with zero attached hydrogens (tertiary/aromatic N) is 4. The molecule has 1 aromatic heterocycles. The van der Waals surface area contributed by atoms with Crippen molar-refractivity contribution in [2.45, 2.75) is 38.1 Å². The summed E-state index contributed by atoms with van der Waals surface area (Å²) in [6.45, 7) is 0.452. The molecule has 10 heteroatoms. The number of benzene rings is 1. The van der Waals surface area contributed by atoms with Crippen molar-refractivity contribution >= 4 is 11.8 Å². The lowest BCUT2D eigenvalue weighted by molar-refractivity contribution is -0.139. The van der Waals surface area contributed by atoms with Crippen molar-refractivity contribution in [3.63, 3.8) is 0 Å². The van der Waals surface area contributed by atoms with Crippen LogP contribution in [0.25, 0.3) is 0 Å². The Balaban J connectivity index is 1.56. The Morgan fingerprint density at radius 2 is 1.93 bits per heavy atom. The molecule has 1 fully saturated rings. The minimum absolute atomic E-state index is 0.0398. The molecule has 3 rings (SSSR count). The highest BCUT2D eigenvalue weighted by molar-refractivity contribution is 5.82. The molecule has 1 aromatic carbocycles. The summed E-state index contributed by atoms with van der Waals surface area (Å²) in [5.41, 5.74) is -0.711. The first-order valence-electron chi connectivity index (χ1n) is 8.37. The molecular formula is C17H18F3N5O2. The number of nitrogens with one attached hydrogen (secondary N) is 1. The van der Waals surface area contributed by atoms with E-state index in [0.29, 0.717) is 6.54 Å². The topological polar surface area (TPSA) is 80.1 Å². The molecule has 144 valence electrons. The molecule has 2 amide bonds. The molecule has 0 radical (unpaired) electrons. The maximum absolute atomic E-state index is 13.1. The third-order valence-electron chi connectivity index (χ3n) is 4.33. The fraction of sp³-hybridized carbons (Fsp3) is 0.412. The molecule has 0 aliphatic carbocycles. The molecule has 0 saturated carbocycles. The van der Waals surface area contributed by atoms with E-state index < -0.39 is 17.8 Å². The lowest BCUT2D eigenvalue weighted by Crippen LogP contribution is -2.37. The first kappa shape index (κ1) is 18.9. The second-order valence-corrected chi connectivity index (χ2v) is 6.35. The van der Waals surface area contributed by atoms with Crippen LogP contribution in [0, 0.1) is 0 Å². The lowest BCUT2D eigenvalue weighted by Gasteiger charge is -2.20. The molecule has 0 bridgehead atoms. The largest absolute Gasteiger partial charge is 0.416 e. The van der Waals surface area contributed by atoms with Gasteiger partial charge in [0.25, 0.3) is 0 Å². The summed E-state index contributed by atoms with van der Waals surface area (Å²) >= 11 is 0. The second kappa shape index (κ2) is 7.77. The number of carbonyl (C=O) groups is 2. The highest BCUT2D eigenvalue weighted by Crippen LogP contribution is 2.32. The molecule has 1 unspecified atom stereocenters. The minimum atomic E-state index is -4.48. The van der Waals surface area contributed by atoms with E-state index in [1.807, 2.05) is 0 Å². The second-order valence-electron chi connectivity index (χ2n) is 6.35. The van der Waals surface area contributed by atoms with Gasteiger partial charge in [-0.05, 0) is 11.6 Å². The number of amides is 2. The number of likely N-dealkylation sites (tertiary alicyclic amines) is 1. The maximum Gasteiger partial charge on any atom is 0.416 e. The normalized spacial score (nSPS) is 17.4. The Hall–Kier alpha value is -2.91. The molecular weight excluding hydrogens is 363 g/mol. The Labute approximate surface area is 153 Å². The predicted octanol–water partition coefficient (Wildman–Crippen LogP) is 1.60. The van der Waals surface area contributed by atoms with E-state index in [1.54, 1.807) is 4.57 Å². The number of alkyl halides is 3. The SMILES string of the molecule is O=C(CCn1cnnc1)NC1CC(=O)N(Cc2ccccc2C(F)(F)F)C1. The van der Waals surface area contributed by atoms with Crippen molar-refractivity contribution in [1.29, 1.82) is 0 Å². The lowest BCUT2D eigenvalue weighted by atomic mass is 10.1. The summed E-state index contributed by atoms with van der Waals surface area (Å²) in [6.07, 6.45) is -1.22. The van der Waals surface area contributed by atoms with Crippen LogP contribution < -0.4 is 5.32 Å². The Morgan fingerprint density at radius 3 is 2.63 bits per heavy atom. The smallest absolute Gasteiger partial charge is 0.351 e. The zero-order valence-electron chi connectivity index (χ0n) is 14.3. The highest BCUT2D eigenvalue weighted by Gasteiger charge is 2.35. The van der Waals surface area contributed by atoms with Crippen molar-refractivity contribution < 1.29 is 22.8 Å². The molecule has 1 aliphatic rings.